The van der Waals surface area contributed by atoms with E-state index in [1.807, 2.05) is 49.4 Å². The van der Waals surface area contributed by atoms with Crippen molar-refractivity contribution in [1.29, 1.82) is 0 Å². The van der Waals surface area contributed by atoms with Gasteiger partial charge in [0.15, 0.2) is 0 Å². The van der Waals surface area contributed by atoms with Crippen LogP contribution in [0, 0.1) is 6.92 Å². The maximum Gasteiger partial charge on any atom is 0.246 e. The number of aryl methyl sites for hydroxylation is 1. The van der Waals surface area contributed by atoms with E-state index in [0.717, 1.165) is 11.1 Å². The molecule has 0 radical (unpaired) electrons. The maximum absolute atomic E-state index is 12.8. The Morgan fingerprint density at radius 2 is 1.93 bits per heavy atom. The fourth-order valence-corrected chi connectivity index (χ4v) is 3.20. The first-order valence-corrected chi connectivity index (χ1v) is 9.03. The number of piperazine rings is 1. The quantitative estimate of drug-likeness (QED) is 0.800. The maximum atomic E-state index is 12.8. The number of ether oxygens (including phenoxy) is 1. The largest absolute Gasteiger partial charge is 0.495 e. The lowest BCUT2D eigenvalue weighted by atomic mass is 10.1. The number of hydrogen-bond acceptors (Lipinski definition) is 4. The SMILES string of the molecule is COc1cccc(C)c1NC(=O)C[C@H]1NC(=O)CN(Cc2ccccc2)C1=O. The van der Waals surface area contributed by atoms with E-state index in [1.54, 1.807) is 6.07 Å². The Kier molecular flexibility index (Phi) is 5.93. The van der Waals surface area contributed by atoms with E-state index in [-0.39, 0.29) is 30.7 Å². The molecule has 0 spiro atoms. The highest BCUT2D eigenvalue weighted by Gasteiger charge is 2.34. The summed E-state index contributed by atoms with van der Waals surface area (Å²) in [7, 11) is 1.52. The second-order valence-corrected chi connectivity index (χ2v) is 6.70. The van der Waals surface area contributed by atoms with Crippen molar-refractivity contribution >= 4 is 23.4 Å². The molecule has 0 bridgehead atoms. The number of methoxy groups -OCH3 is 1. The van der Waals surface area contributed by atoms with E-state index in [1.165, 1.54) is 12.0 Å². The predicted octanol–water partition coefficient (Wildman–Crippen LogP) is 1.86. The van der Waals surface area contributed by atoms with Gasteiger partial charge in [0.2, 0.25) is 17.7 Å². The minimum atomic E-state index is -0.889. The normalized spacial score (nSPS) is 16.5. The fourth-order valence-electron chi connectivity index (χ4n) is 3.20. The number of hydrogen-bond donors (Lipinski definition) is 2. The lowest BCUT2D eigenvalue weighted by Crippen LogP contribution is -2.58. The third kappa shape index (κ3) is 4.49. The van der Waals surface area contributed by atoms with Gasteiger partial charge in [0, 0.05) is 6.54 Å². The van der Waals surface area contributed by atoms with Crippen LogP contribution in [0.5, 0.6) is 5.75 Å². The topological polar surface area (TPSA) is 87.7 Å². The summed E-state index contributed by atoms with van der Waals surface area (Å²) in [6.07, 6.45) is -0.145. The Bertz CT molecular complexity index is 882. The van der Waals surface area contributed by atoms with Crippen molar-refractivity contribution in [3.63, 3.8) is 0 Å². The van der Waals surface area contributed by atoms with Gasteiger partial charge in [-0.05, 0) is 24.1 Å². The summed E-state index contributed by atoms with van der Waals surface area (Å²) in [6, 6.07) is 14.0. The Hall–Kier alpha value is -3.35. The van der Waals surface area contributed by atoms with E-state index in [0.29, 0.717) is 18.0 Å². The number of anilines is 1. The number of para-hydroxylation sites is 1. The molecule has 0 aromatic heterocycles. The van der Waals surface area contributed by atoms with Crippen molar-refractivity contribution in [1.82, 2.24) is 10.2 Å². The highest BCUT2D eigenvalue weighted by Crippen LogP contribution is 2.28. The first-order valence-electron chi connectivity index (χ1n) is 9.03. The first kappa shape index (κ1) is 19.4. The molecular weight excluding hydrogens is 358 g/mol. The molecular formula is C21H23N3O4. The number of benzene rings is 2. The number of nitrogens with one attached hydrogen (secondary N) is 2. The molecule has 28 heavy (non-hydrogen) atoms. The minimum Gasteiger partial charge on any atom is -0.495 e. The van der Waals surface area contributed by atoms with Crippen LogP contribution in [0.4, 0.5) is 5.69 Å². The van der Waals surface area contributed by atoms with Crippen LogP contribution in [0.3, 0.4) is 0 Å². The van der Waals surface area contributed by atoms with Crippen molar-refractivity contribution in [2.75, 3.05) is 19.0 Å². The molecule has 2 aromatic rings. The van der Waals surface area contributed by atoms with Crippen LogP contribution in [0.1, 0.15) is 17.5 Å². The molecule has 1 fully saturated rings. The number of carbonyl (C=O) groups excluding carboxylic acids is 3. The van der Waals surface area contributed by atoms with Gasteiger partial charge in [-0.1, -0.05) is 42.5 Å². The van der Waals surface area contributed by atoms with Crippen molar-refractivity contribution in [2.24, 2.45) is 0 Å². The molecule has 1 saturated heterocycles. The molecule has 3 amide bonds. The van der Waals surface area contributed by atoms with Crippen LogP contribution >= 0.6 is 0 Å². The van der Waals surface area contributed by atoms with Crippen molar-refractivity contribution in [3.05, 3.63) is 59.7 Å². The number of carbonyl (C=O) groups is 3. The van der Waals surface area contributed by atoms with Crippen LogP contribution in [-0.4, -0.2) is 42.3 Å². The number of amides is 3. The molecule has 0 unspecified atom stereocenters. The zero-order valence-corrected chi connectivity index (χ0v) is 15.9. The third-order valence-electron chi connectivity index (χ3n) is 4.60. The third-order valence-corrected chi connectivity index (χ3v) is 4.60. The summed E-state index contributed by atoms with van der Waals surface area (Å²) < 4.78 is 5.28. The summed E-state index contributed by atoms with van der Waals surface area (Å²) in [5.74, 6) is -0.372. The van der Waals surface area contributed by atoms with Gasteiger partial charge in [0.05, 0.1) is 25.8 Å². The van der Waals surface area contributed by atoms with Crippen LogP contribution in [0.15, 0.2) is 48.5 Å². The van der Waals surface area contributed by atoms with Gasteiger partial charge in [-0.2, -0.15) is 0 Å². The van der Waals surface area contributed by atoms with Crippen LogP contribution in [0.2, 0.25) is 0 Å². The molecule has 2 aromatic carbocycles. The number of rotatable bonds is 6. The van der Waals surface area contributed by atoms with Gasteiger partial charge in [0.25, 0.3) is 0 Å². The molecule has 1 aliphatic rings. The molecule has 7 nitrogen and oxygen atoms in total. The Morgan fingerprint density at radius 3 is 2.64 bits per heavy atom. The zero-order valence-electron chi connectivity index (χ0n) is 15.9. The van der Waals surface area contributed by atoms with Gasteiger partial charge in [-0.3, -0.25) is 14.4 Å². The average molecular weight is 381 g/mol. The smallest absolute Gasteiger partial charge is 0.246 e. The van der Waals surface area contributed by atoms with Gasteiger partial charge < -0.3 is 20.3 Å². The fraction of sp³-hybridized carbons (Fsp3) is 0.286. The predicted molar refractivity (Wildman–Crippen MR) is 105 cm³/mol. The summed E-state index contributed by atoms with van der Waals surface area (Å²) in [4.78, 5) is 38.8. The molecule has 3 rings (SSSR count). The van der Waals surface area contributed by atoms with Gasteiger partial charge in [-0.15, -0.1) is 0 Å². The molecule has 1 heterocycles. The first-order chi connectivity index (χ1) is 13.5. The Morgan fingerprint density at radius 1 is 1.18 bits per heavy atom. The Labute approximate surface area is 163 Å². The van der Waals surface area contributed by atoms with E-state index >= 15 is 0 Å². The molecule has 1 aliphatic heterocycles. The minimum absolute atomic E-state index is 0.0164. The highest BCUT2D eigenvalue weighted by atomic mass is 16.5. The highest BCUT2D eigenvalue weighted by molar-refractivity contribution is 6.00. The molecule has 0 aliphatic carbocycles. The summed E-state index contributed by atoms with van der Waals surface area (Å²) in [6.45, 7) is 2.17. The van der Waals surface area contributed by atoms with E-state index in [4.69, 9.17) is 4.74 Å². The van der Waals surface area contributed by atoms with E-state index < -0.39 is 6.04 Å². The monoisotopic (exact) mass is 381 g/mol. The lowest BCUT2D eigenvalue weighted by molar-refractivity contribution is -0.145. The van der Waals surface area contributed by atoms with Crippen molar-refractivity contribution in [2.45, 2.75) is 25.9 Å². The van der Waals surface area contributed by atoms with Crippen LogP contribution in [-0.2, 0) is 20.9 Å². The molecule has 2 N–H and O–H groups in total. The Balaban J connectivity index is 1.68. The standard InChI is InChI=1S/C21H23N3O4/c1-14-7-6-10-17(28-2)20(14)23-18(25)11-16-21(27)24(13-19(26)22-16)12-15-8-4-3-5-9-15/h3-10,16H,11-13H2,1-2H3,(H,22,26)(H,23,25)/t16-/m1/s1. The lowest BCUT2D eigenvalue weighted by Gasteiger charge is -2.32. The average Bonchev–Trinajstić information content (AvgIpc) is 2.68. The second-order valence-electron chi connectivity index (χ2n) is 6.70. The molecule has 1 atom stereocenters. The van der Waals surface area contributed by atoms with Gasteiger partial charge in [-0.25, -0.2) is 0 Å². The van der Waals surface area contributed by atoms with Gasteiger partial charge >= 0.3 is 0 Å². The summed E-state index contributed by atoms with van der Waals surface area (Å²) in [5.41, 5.74) is 2.33. The summed E-state index contributed by atoms with van der Waals surface area (Å²) in [5, 5.41) is 5.41. The molecule has 7 heteroatoms. The zero-order chi connectivity index (χ0) is 20.1. The van der Waals surface area contributed by atoms with Gasteiger partial charge in [0.1, 0.15) is 11.8 Å². The van der Waals surface area contributed by atoms with Crippen molar-refractivity contribution in [3.8, 4) is 5.75 Å². The molecule has 0 saturated carbocycles. The summed E-state index contributed by atoms with van der Waals surface area (Å²) >= 11 is 0. The van der Waals surface area contributed by atoms with Crippen molar-refractivity contribution < 1.29 is 19.1 Å². The molecule has 146 valence electrons. The van der Waals surface area contributed by atoms with E-state index in [2.05, 4.69) is 10.6 Å². The second kappa shape index (κ2) is 8.56. The van der Waals surface area contributed by atoms with E-state index in [9.17, 15) is 14.4 Å². The van der Waals surface area contributed by atoms with Crippen LogP contribution in [0.25, 0.3) is 0 Å². The number of nitrogens with zero attached hydrogens (tertiary/aromatic N) is 1. The van der Waals surface area contributed by atoms with Crippen LogP contribution < -0.4 is 15.4 Å².